The van der Waals surface area contributed by atoms with Crippen molar-refractivity contribution in [3.63, 3.8) is 0 Å². The van der Waals surface area contributed by atoms with E-state index in [4.69, 9.17) is 0 Å². The van der Waals surface area contributed by atoms with E-state index in [9.17, 15) is 10.1 Å². The number of nitrogens with one attached hydrogen (secondary N) is 1. The molecule has 0 aliphatic carbocycles. The first-order chi connectivity index (χ1) is 10.7. The Labute approximate surface area is 125 Å². The van der Waals surface area contributed by atoms with Gasteiger partial charge in [-0.1, -0.05) is 6.07 Å². The predicted octanol–water partition coefficient (Wildman–Crippen LogP) is 2.18. The van der Waals surface area contributed by atoms with Gasteiger partial charge in [0.1, 0.15) is 12.1 Å². The molecule has 110 valence electrons. The van der Waals surface area contributed by atoms with Gasteiger partial charge in [0.05, 0.1) is 4.92 Å². The molecule has 1 N–H and O–H groups in total. The van der Waals surface area contributed by atoms with E-state index >= 15 is 0 Å². The molecular formula is C14H12N6O2. The highest BCUT2D eigenvalue weighted by Crippen LogP contribution is 2.20. The molecule has 0 radical (unpaired) electrons. The number of rotatable bonds is 5. The van der Waals surface area contributed by atoms with Crippen molar-refractivity contribution in [3.05, 3.63) is 71.1 Å². The standard InChI is InChI=1S/C14H12N6O2/c21-20(22)12-2-1-5-16-14(12)18-9-11-3-4-13(17-8-11)19-7-6-15-10-19/h1-8,10H,9H2,(H,16,18). The van der Waals surface area contributed by atoms with Crippen LogP contribution < -0.4 is 5.32 Å². The van der Waals surface area contributed by atoms with Gasteiger partial charge in [0.15, 0.2) is 0 Å². The highest BCUT2D eigenvalue weighted by atomic mass is 16.6. The van der Waals surface area contributed by atoms with Crippen molar-refractivity contribution in [2.24, 2.45) is 0 Å². The fourth-order valence-corrected chi connectivity index (χ4v) is 1.93. The molecule has 0 aliphatic rings. The van der Waals surface area contributed by atoms with Crippen LogP contribution in [0.2, 0.25) is 0 Å². The first kappa shape index (κ1) is 13.7. The van der Waals surface area contributed by atoms with E-state index in [1.807, 2.05) is 12.1 Å². The average Bonchev–Trinajstić information content (AvgIpc) is 3.08. The molecule has 0 bridgehead atoms. The fraction of sp³-hybridized carbons (Fsp3) is 0.0714. The van der Waals surface area contributed by atoms with Crippen molar-refractivity contribution < 1.29 is 4.92 Å². The maximum atomic E-state index is 10.9. The lowest BCUT2D eigenvalue weighted by molar-refractivity contribution is -0.384. The maximum Gasteiger partial charge on any atom is 0.311 e. The maximum absolute atomic E-state index is 10.9. The van der Waals surface area contributed by atoms with Crippen LogP contribution in [-0.2, 0) is 6.54 Å². The zero-order chi connectivity index (χ0) is 15.4. The Morgan fingerprint density at radius 3 is 2.82 bits per heavy atom. The van der Waals surface area contributed by atoms with Crippen LogP contribution in [0.3, 0.4) is 0 Å². The summed E-state index contributed by atoms with van der Waals surface area (Å²) in [5, 5.41) is 13.9. The van der Waals surface area contributed by atoms with Crippen LogP contribution in [0.15, 0.2) is 55.4 Å². The summed E-state index contributed by atoms with van der Waals surface area (Å²) in [6, 6.07) is 6.69. The molecule has 0 spiro atoms. The molecule has 8 heteroatoms. The molecule has 0 unspecified atom stereocenters. The van der Waals surface area contributed by atoms with Crippen molar-refractivity contribution in [2.75, 3.05) is 5.32 Å². The number of imidazole rings is 1. The third kappa shape index (κ3) is 2.90. The van der Waals surface area contributed by atoms with Gasteiger partial charge in [-0.2, -0.15) is 0 Å². The second-order valence-corrected chi connectivity index (χ2v) is 4.48. The van der Waals surface area contributed by atoms with Crippen LogP contribution in [0.5, 0.6) is 0 Å². The summed E-state index contributed by atoms with van der Waals surface area (Å²) < 4.78 is 1.79. The first-order valence-corrected chi connectivity index (χ1v) is 6.50. The number of nitro groups is 1. The van der Waals surface area contributed by atoms with E-state index in [-0.39, 0.29) is 11.5 Å². The minimum atomic E-state index is -0.463. The molecule has 0 atom stereocenters. The van der Waals surface area contributed by atoms with Gasteiger partial charge in [-0.25, -0.2) is 15.0 Å². The Morgan fingerprint density at radius 2 is 2.14 bits per heavy atom. The van der Waals surface area contributed by atoms with Crippen LogP contribution in [0.25, 0.3) is 5.82 Å². The third-order valence-electron chi connectivity index (χ3n) is 3.02. The van der Waals surface area contributed by atoms with Gasteiger partial charge in [0.2, 0.25) is 5.82 Å². The summed E-state index contributed by atoms with van der Waals surface area (Å²) in [5.41, 5.74) is 0.842. The number of nitrogens with zero attached hydrogens (tertiary/aromatic N) is 5. The third-order valence-corrected chi connectivity index (χ3v) is 3.02. The molecule has 3 heterocycles. The molecule has 0 aliphatic heterocycles. The average molecular weight is 296 g/mol. The molecule has 0 saturated carbocycles. The predicted molar refractivity (Wildman–Crippen MR) is 79.6 cm³/mol. The minimum Gasteiger partial charge on any atom is -0.360 e. The first-order valence-electron chi connectivity index (χ1n) is 6.50. The van der Waals surface area contributed by atoms with E-state index in [1.54, 1.807) is 29.5 Å². The van der Waals surface area contributed by atoms with Crippen molar-refractivity contribution in [2.45, 2.75) is 6.54 Å². The summed E-state index contributed by atoms with van der Waals surface area (Å²) in [4.78, 5) is 22.7. The van der Waals surface area contributed by atoms with E-state index in [1.165, 1.54) is 18.3 Å². The number of aromatic nitrogens is 4. The van der Waals surface area contributed by atoms with Crippen molar-refractivity contribution in [1.82, 2.24) is 19.5 Å². The topological polar surface area (TPSA) is 98.8 Å². The van der Waals surface area contributed by atoms with Gasteiger partial charge in [-0.05, 0) is 17.7 Å². The molecule has 0 aromatic carbocycles. The van der Waals surface area contributed by atoms with Gasteiger partial charge in [-0.3, -0.25) is 14.7 Å². The molecular weight excluding hydrogens is 284 g/mol. The lowest BCUT2D eigenvalue weighted by atomic mass is 10.2. The minimum absolute atomic E-state index is 0.0505. The van der Waals surface area contributed by atoms with E-state index in [2.05, 4.69) is 20.3 Å². The van der Waals surface area contributed by atoms with Crippen LogP contribution in [0.1, 0.15) is 5.56 Å². The highest BCUT2D eigenvalue weighted by molar-refractivity contribution is 5.55. The second kappa shape index (κ2) is 6.00. The highest BCUT2D eigenvalue weighted by Gasteiger charge is 2.13. The van der Waals surface area contributed by atoms with E-state index in [0.29, 0.717) is 6.54 Å². The Kier molecular flexibility index (Phi) is 3.73. The monoisotopic (exact) mass is 296 g/mol. The van der Waals surface area contributed by atoms with Gasteiger partial charge in [0, 0.05) is 37.4 Å². The largest absolute Gasteiger partial charge is 0.360 e. The van der Waals surface area contributed by atoms with Crippen molar-refractivity contribution in [3.8, 4) is 5.82 Å². The van der Waals surface area contributed by atoms with E-state index < -0.39 is 4.92 Å². The fourth-order valence-electron chi connectivity index (χ4n) is 1.93. The van der Waals surface area contributed by atoms with Crippen LogP contribution in [0.4, 0.5) is 11.5 Å². The molecule has 22 heavy (non-hydrogen) atoms. The van der Waals surface area contributed by atoms with Crippen LogP contribution in [-0.4, -0.2) is 24.4 Å². The van der Waals surface area contributed by atoms with Gasteiger partial charge >= 0.3 is 5.69 Å². The van der Waals surface area contributed by atoms with E-state index in [0.717, 1.165) is 11.4 Å². The van der Waals surface area contributed by atoms with Crippen LogP contribution >= 0.6 is 0 Å². The normalized spacial score (nSPS) is 10.4. The Hall–Kier alpha value is -3.29. The Balaban J connectivity index is 1.71. The molecule has 0 saturated heterocycles. The quantitative estimate of drug-likeness (QED) is 0.572. The molecule has 0 fully saturated rings. The lowest BCUT2D eigenvalue weighted by Crippen LogP contribution is -2.05. The number of anilines is 1. The van der Waals surface area contributed by atoms with Crippen molar-refractivity contribution in [1.29, 1.82) is 0 Å². The lowest BCUT2D eigenvalue weighted by Gasteiger charge is -2.07. The Morgan fingerprint density at radius 1 is 1.23 bits per heavy atom. The molecule has 3 aromatic rings. The van der Waals surface area contributed by atoms with Gasteiger partial charge in [-0.15, -0.1) is 0 Å². The summed E-state index contributed by atoms with van der Waals surface area (Å²) in [6.45, 7) is 0.398. The summed E-state index contributed by atoms with van der Waals surface area (Å²) in [7, 11) is 0. The SMILES string of the molecule is O=[N+]([O-])c1cccnc1NCc1ccc(-n2ccnc2)nc1. The zero-order valence-electron chi connectivity index (χ0n) is 11.5. The zero-order valence-corrected chi connectivity index (χ0v) is 11.5. The smallest absolute Gasteiger partial charge is 0.311 e. The summed E-state index contributed by atoms with van der Waals surface area (Å²) in [5.74, 6) is 0.997. The summed E-state index contributed by atoms with van der Waals surface area (Å²) >= 11 is 0. The molecule has 0 amide bonds. The second-order valence-electron chi connectivity index (χ2n) is 4.48. The van der Waals surface area contributed by atoms with Gasteiger partial charge < -0.3 is 5.32 Å². The molecule has 3 aromatic heterocycles. The number of hydrogen-bond donors (Lipinski definition) is 1. The van der Waals surface area contributed by atoms with Crippen molar-refractivity contribution >= 4 is 11.5 Å². The Bertz CT molecular complexity index is 770. The summed E-state index contributed by atoms with van der Waals surface area (Å²) in [6.07, 6.45) is 8.36. The number of hydrogen-bond acceptors (Lipinski definition) is 6. The molecule has 3 rings (SSSR count). The number of pyridine rings is 2. The molecule has 8 nitrogen and oxygen atoms in total. The van der Waals surface area contributed by atoms with Gasteiger partial charge in [0.25, 0.3) is 0 Å². The van der Waals surface area contributed by atoms with Crippen LogP contribution in [0, 0.1) is 10.1 Å².